The van der Waals surface area contributed by atoms with E-state index in [0.29, 0.717) is 17.0 Å². The summed E-state index contributed by atoms with van der Waals surface area (Å²) in [6.07, 6.45) is 1.50. The van der Waals surface area contributed by atoms with Gasteiger partial charge >= 0.3 is 0 Å². The molecular formula is C14H16N2O4. The van der Waals surface area contributed by atoms with E-state index in [2.05, 4.69) is 5.32 Å². The first-order chi connectivity index (χ1) is 9.40. The van der Waals surface area contributed by atoms with E-state index < -0.39 is 10.5 Å². The average molecular weight is 276 g/mol. The molecule has 2 N–H and O–H groups in total. The molecule has 106 valence electrons. The van der Waals surface area contributed by atoms with Gasteiger partial charge in [0.2, 0.25) is 0 Å². The van der Waals surface area contributed by atoms with Gasteiger partial charge in [-0.1, -0.05) is 0 Å². The Morgan fingerprint density at radius 1 is 1.45 bits per heavy atom. The number of hydrogen-bond acceptors (Lipinski definition) is 5. The highest BCUT2D eigenvalue weighted by atomic mass is 16.6. The van der Waals surface area contributed by atoms with Crippen LogP contribution in [0.2, 0.25) is 0 Å². The Hall–Kier alpha value is -2.34. The lowest BCUT2D eigenvalue weighted by atomic mass is 10.0. The number of nitrogens with zero attached hydrogens (tertiary/aromatic N) is 1. The molecule has 0 fully saturated rings. The van der Waals surface area contributed by atoms with Crippen LogP contribution in [0.25, 0.3) is 0 Å². The quantitative estimate of drug-likeness (QED) is 0.647. The van der Waals surface area contributed by atoms with Gasteiger partial charge in [0, 0.05) is 17.3 Å². The van der Waals surface area contributed by atoms with E-state index in [4.69, 9.17) is 4.42 Å². The van der Waals surface area contributed by atoms with Crippen LogP contribution in [-0.2, 0) is 5.60 Å². The van der Waals surface area contributed by atoms with E-state index in [1.165, 1.54) is 12.3 Å². The van der Waals surface area contributed by atoms with Crippen molar-refractivity contribution in [3.63, 3.8) is 0 Å². The Bertz CT molecular complexity index is 606. The molecule has 1 atom stereocenters. The van der Waals surface area contributed by atoms with Crippen molar-refractivity contribution in [1.82, 2.24) is 0 Å². The number of aryl methyl sites for hydroxylation is 1. The molecule has 0 amide bonds. The minimum atomic E-state index is -1.15. The number of furan rings is 1. The van der Waals surface area contributed by atoms with Gasteiger partial charge in [-0.05, 0) is 38.1 Å². The molecule has 1 unspecified atom stereocenters. The first kappa shape index (κ1) is 14.1. The summed E-state index contributed by atoms with van der Waals surface area (Å²) in [6.45, 7) is 3.54. The molecule has 2 rings (SSSR count). The molecule has 0 saturated heterocycles. The minimum Gasteiger partial charge on any atom is -0.466 e. The predicted molar refractivity (Wildman–Crippen MR) is 74.6 cm³/mol. The zero-order valence-corrected chi connectivity index (χ0v) is 11.3. The monoisotopic (exact) mass is 276 g/mol. The first-order valence-electron chi connectivity index (χ1n) is 6.15. The van der Waals surface area contributed by atoms with Crippen molar-refractivity contribution in [2.75, 3.05) is 11.9 Å². The zero-order valence-electron chi connectivity index (χ0n) is 11.3. The maximum absolute atomic E-state index is 10.7. The number of nitro groups is 1. The molecule has 0 bridgehead atoms. The number of aliphatic hydroxyl groups is 1. The van der Waals surface area contributed by atoms with Crippen LogP contribution in [0.5, 0.6) is 0 Å². The van der Waals surface area contributed by atoms with Crippen LogP contribution in [0.3, 0.4) is 0 Å². The van der Waals surface area contributed by atoms with Crippen LogP contribution in [0.4, 0.5) is 11.4 Å². The molecule has 6 heteroatoms. The molecule has 2 aromatic rings. The van der Waals surface area contributed by atoms with E-state index >= 15 is 0 Å². The van der Waals surface area contributed by atoms with Crippen LogP contribution in [0.1, 0.15) is 18.2 Å². The molecule has 0 aliphatic rings. The Balaban J connectivity index is 2.08. The van der Waals surface area contributed by atoms with Gasteiger partial charge in [0.1, 0.15) is 11.4 Å². The summed E-state index contributed by atoms with van der Waals surface area (Å²) in [4.78, 5) is 10.3. The Morgan fingerprint density at radius 2 is 2.20 bits per heavy atom. The number of nitro benzene ring substituents is 1. The number of nitrogens with one attached hydrogen (secondary N) is 1. The number of rotatable bonds is 5. The summed E-state index contributed by atoms with van der Waals surface area (Å²) < 4.78 is 5.18. The molecular weight excluding hydrogens is 260 g/mol. The molecule has 0 aliphatic heterocycles. The van der Waals surface area contributed by atoms with Crippen molar-refractivity contribution in [2.24, 2.45) is 0 Å². The predicted octanol–water partition coefficient (Wildman–Crippen LogP) is 2.82. The molecule has 1 aromatic heterocycles. The summed E-state index contributed by atoms with van der Waals surface area (Å²) in [6, 6.07) is 8.14. The fourth-order valence-corrected chi connectivity index (χ4v) is 1.92. The van der Waals surface area contributed by atoms with Gasteiger partial charge in [-0.25, -0.2) is 0 Å². The van der Waals surface area contributed by atoms with Crippen LogP contribution in [0, 0.1) is 17.0 Å². The third kappa shape index (κ3) is 2.97. The van der Waals surface area contributed by atoms with Crippen molar-refractivity contribution >= 4 is 11.4 Å². The lowest BCUT2D eigenvalue weighted by Gasteiger charge is -2.22. The molecule has 1 aromatic carbocycles. The van der Waals surface area contributed by atoms with Crippen molar-refractivity contribution in [3.8, 4) is 0 Å². The molecule has 0 saturated carbocycles. The van der Waals surface area contributed by atoms with Crippen LogP contribution in [0.15, 0.2) is 41.0 Å². The van der Waals surface area contributed by atoms with Gasteiger partial charge in [-0.3, -0.25) is 10.1 Å². The second kappa shape index (κ2) is 5.34. The van der Waals surface area contributed by atoms with Gasteiger partial charge in [-0.2, -0.15) is 0 Å². The van der Waals surface area contributed by atoms with E-state index in [1.807, 2.05) is 0 Å². The van der Waals surface area contributed by atoms with Crippen molar-refractivity contribution in [1.29, 1.82) is 0 Å². The van der Waals surface area contributed by atoms with E-state index in [-0.39, 0.29) is 12.2 Å². The fraction of sp³-hybridized carbons (Fsp3) is 0.286. The lowest BCUT2D eigenvalue weighted by Crippen LogP contribution is -2.30. The third-order valence-corrected chi connectivity index (χ3v) is 3.08. The summed E-state index contributed by atoms with van der Waals surface area (Å²) >= 11 is 0. The smallest absolute Gasteiger partial charge is 0.272 e. The summed E-state index contributed by atoms with van der Waals surface area (Å²) in [5.41, 5.74) is 0.199. The molecule has 0 spiro atoms. The van der Waals surface area contributed by atoms with Gasteiger partial charge in [0.25, 0.3) is 5.69 Å². The van der Waals surface area contributed by atoms with Crippen LogP contribution >= 0.6 is 0 Å². The van der Waals surface area contributed by atoms with Gasteiger partial charge in [0.05, 0.1) is 17.7 Å². The second-order valence-electron chi connectivity index (χ2n) is 4.86. The van der Waals surface area contributed by atoms with E-state index in [1.54, 1.807) is 38.1 Å². The molecule has 20 heavy (non-hydrogen) atoms. The number of hydrogen-bond donors (Lipinski definition) is 2. The van der Waals surface area contributed by atoms with Gasteiger partial charge in [0.15, 0.2) is 0 Å². The van der Waals surface area contributed by atoms with Crippen LogP contribution < -0.4 is 5.32 Å². The highest BCUT2D eigenvalue weighted by Crippen LogP contribution is 2.24. The SMILES string of the molecule is Cc1cc(NCC(C)(O)c2ccco2)ccc1[N+](=O)[O-]. The maximum Gasteiger partial charge on any atom is 0.272 e. The molecule has 0 aliphatic carbocycles. The van der Waals surface area contributed by atoms with Crippen molar-refractivity contribution in [3.05, 3.63) is 58.0 Å². The second-order valence-corrected chi connectivity index (χ2v) is 4.86. The molecule has 6 nitrogen and oxygen atoms in total. The van der Waals surface area contributed by atoms with E-state index in [9.17, 15) is 15.2 Å². The maximum atomic E-state index is 10.7. The molecule has 0 radical (unpaired) electrons. The Kier molecular flexibility index (Phi) is 3.76. The Morgan fingerprint density at radius 3 is 2.75 bits per heavy atom. The normalized spacial score (nSPS) is 13.8. The topological polar surface area (TPSA) is 88.5 Å². The standard InChI is InChI=1S/C14H16N2O4/c1-10-8-11(5-6-12(10)16(18)19)15-9-14(2,17)13-4-3-7-20-13/h3-8,15,17H,9H2,1-2H3. The van der Waals surface area contributed by atoms with Crippen molar-refractivity contribution < 1.29 is 14.4 Å². The van der Waals surface area contributed by atoms with Crippen LogP contribution in [-0.4, -0.2) is 16.6 Å². The van der Waals surface area contributed by atoms with Gasteiger partial charge in [-0.15, -0.1) is 0 Å². The van der Waals surface area contributed by atoms with E-state index in [0.717, 1.165) is 0 Å². The number of anilines is 1. The first-order valence-corrected chi connectivity index (χ1v) is 6.15. The minimum absolute atomic E-state index is 0.0772. The Labute approximate surface area is 116 Å². The lowest BCUT2D eigenvalue weighted by molar-refractivity contribution is -0.385. The third-order valence-electron chi connectivity index (χ3n) is 3.08. The highest BCUT2D eigenvalue weighted by Gasteiger charge is 2.26. The largest absolute Gasteiger partial charge is 0.466 e. The summed E-state index contributed by atoms with van der Waals surface area (Å²) in [5.74, 6) is 0.462. The van der Waals surface area contributed by atoms with Gasteiger partial charge < -0.3 is 14.8 Å². The number of benzene rings is 1. The highest BCUT2D eigenvalue weighted by molar-refractivity contribution is 5.53. The summed E-state index contributed by atoms with van der Waals surface area (Å²) in [5, 5.41) is 24.1. The zero-order chi connectivity index (χ0) is 14.8. The average Bonchev–Trinajstić information content (AvgIpc) is 2.90. The summed E-state index contributed by atoms with van der Waals surface area (Å²) in [7, 11) is 0. The molecule has 1 heterocycles. The van der Waals surface area contributed by atoms with Crippen molar-refractivity contribution in [2.45, 2.75) is 19.4 Å². The fourth-order valence-electron chi connectivity index (χ4n) is 1.92.